The highest BCUT2D eigenvalue weighted by Crippen LogP contribution is 2.30. The molecule has 0 radical (unpaired) electrons. The minimum absolute atomic E-state index is 0.0448. The number of amides is 1. The summed E-state index contributed by atoms with van der Waals surface area (Å²) in [6.07, 6.45) is 1.27. The van der Waals surface area contributed by atoms with Crippen LogP contribution in [0.15, 0.2) is 24.3 Å². The van der Waals surface area contributed by atoms with Gasteiger partial charge >= 0.3 is 0 Å². The van der Waals surface area contributed by atoms with E-state index in [4.69, 9.17) is 0 Å². The molecule has 1 aromatic carbocycles. The van der Waals surface area contributed by atoms with Gasteiger partial charge in [0.1, 0.15) is 5.82 Å². The van der Waals surface area contributed by atoms with Gasteiger partial charge in [0.2, 0.25) is 5.91 Å². The third kappa shape index (κ3) is 3.26. The van der Waals surface area contributed by atoms with Crippen molar-refractivity contribution in [2.45, 2.75) is 45.1 Å². The van der Waals surface area contributed by atoms with Gasteiger partial charge in [-0.05, 0) is 45.6 Å². The Labute approximate surface area is 125 Å². The standard InChI is InChI=1S/C17H24FNO2/c1-12(20)13-8-10-19(11-9-13)16(21)17(2,3)14-6-4-5-7-15(14)18/h4-7,12-13,20H,8-11H2,1-3H3. The van der Waals surface area contributed by atoms with E-state index in [-0.39, 0.29) is 23.7 Å². The molecule has 3 nitrogen and oxygen atoms in total. The molecule has 4 heteroatoms. The SMILES string of the molecule is CC(O)C1CCN(C(=O)C(C)(C)c2ccccc2F)CC1. The molecule has 116 valence electrons. The van der Waals surface area contributed by atoms with Crippen molar-refractivity contribution in [2.75, 3.05) is 13.1 Å². The molecule has 1 fully saturated rings. The molecule has 1 amide bonds. The number of carbonyl (C=O) groups excluding carboxylic acids is 1. The summed E-state index contributed by atoms with van der Waals surface area (Å²) in [6.45, 7) is 6.60. The highest BCUT2D eigenvalue weighted by molar-refractivity contribution is 5.87. The largest absolute Gasteiger partial charge is 0.393 e. The number of likely N-dealkylation sites (tertiary alicyclic amines) is 1. The predicted molar refractivity (Wildman–Crippen MR) is 80.4 cm³/mol. The van der Waals surface area contributed by atoms with E-state index in [0.717, 1.165) is 12.8 Å². The first kappa shape index (κ1) is 16.0. The topological polar surface area (TPSA) is 40.5 Å². The van der Waals surface area contributed by atoms with Gasteiger partial charge < -0.3 is 10.0 Å². The lowest BCUT2D eigenvalue weighted by Gasteiger charge is -2.38. The first-order valence-corrected chi connectivity index (χ1v) is 7.56. The molecule has 0 aromatic heterocycles. The zero-order valence-corrected chi connectivity index (χ0v) is 13.0. The summed E-state index contributed by atoms with van der Waals surface area (Å²) in [7, 11) is 0. The van der Waals surface area contributed by atoms with Crippen LogP contribution in [0.3, 0.4) is 0 Å². The van der Waals surface area contributed by atoms with Gasteiger partial charge in [0.25, 0.3) is 0 Å². The Kier molecular flexibility index (Phi) is 4.67. The van der Waals surface area contributed by atoms with E-state index >= 15 is 0 Å². The molecular weight excluding hydrogens is 269 g/mol. The first-order valence-electron chi connectivity index (χ1n) is 7.56. The summed E-state index contributed by atoms with van der Waals surface area (Å²) in [5.74, 6) is -0.128. The van der Waals surface area contributed by atoms with Crippen LogP contribution in [0.2, 0.25) is 0 Å². The van der Waals surface area contributed by atoms with Gasteiger partial charge in [-0.3, -0.25) is 4.79 Å². The highest BCUT2D eigenvalue weighted by Gasteiger charge is 2.37. The average molecular weight is 293 g/mol. The Balaban J connectivity index is 2.11. The Morgan fingerprint density at radius 2 is 1.90 bits per heavy atom. The van der Waals surface area contributed by atoms with Crippen LogP contribution in [0.25, 0.3) is 0 Å². The van der Waals surface area contributed by atoms with E-state index in [9.17, 15) is 14.3 Å². The maximum absolute atomic E-state index is 14.0. The molecule has 2 rings (SSSR count). The van der Waals surface area contributed by atoms with E-state index in [1.165, 1.54) is 6.07 Å². The zero-order valence-electron chi connectivity index (χ0n) is 13.0. The van der Waals surface area contributed by atoms with Gasteiger partial charge in [-0.15, -0.1) is 0 Å². The second-order valence-electron chi connectivity index (χ2n) is 6.48. The number of nitrogens with zero attached hydrogens (tertiary/aromatic N) is 1. The van der Waals surface area contributed by atoms with E-state index in [1.807, 2.05) is 0 Å². The average Bonchev–Trinajstić information content (AvgIpc) is 2.46. The fraction of sp³-hybridized carbons (Fsp3) is 0.588. The van der Waals surface area contributed by atoms with Crippen LogP contribution in [0.1, 0.15) is 39.2 Å². The second-order valence-corrected chi connectivity index (χ2v) is 6.48. The van der Waals surface area contributed by atoms with Crippen LogP contribution in [0.5, 0.6) is 0 Å². The minimum Gasteiger partial charge on any atom is -0.393 e. The fourth-order valence-corrected chi connectivity index (χ4v) is 3.06. The summed E-state index contributed by atoms with van der Waals surface area (Å²) < 4.78 is 14.0. The molecule has 1 N–H and O–H groups in total. The number of aliphatic hydroxyl groups excluding tert-OH is 1. The molecule has 0 saturated carbocycles. The van der Waals surface area contributed by atoms with E-state index in [1.54, 1.807) is 43.9 Å². The number of hydrogen-bond donors (Lipinski definition) is 1. The van der Waals surface area contributed by atoms with Crippen molar-refractivity contribution in [1.29, 1.82) is 0 Å². The lowest BCUT2D eigenvalue weighted by molar-refractivity contribution is -0.138. The van der Waals surface area contributed by atoms with Crippen molar-refractivity contribution < 1.29 is 14.3 Å². The van der Waals surface area contributed by atoms with Gasteiger partial charge in [-0.25, -0.2) is 4.39 Å². The van der Waals surface area contributed by atoms with E-state index < -0.39 is 5.41 Å². The second kappa shape index (κ2) is 6.14. The Bertz CT molecular complexity index is 505. The molecule has 1 aliphatic rings. The van der Waals surface area contributed by atoms with Crippen molar-refractivity contribution in [3.8, 4) is 0 Å². The minimum atomic E-state index is -0.872. The van der Waals surface area contributed by atoms with Gasteiger partial charge in [-0.1, -0.05) is 18.2 Å². The van der Waals surface area contributed by atoms with Crippen molar-refractivity contribution in [1.82, 2.24) is 4.90 Å². The van der Waals surface area contributed by atoms with Crippen molar-refractivity contribution >= 4 is 5.91 Å². The Morgan fingerprint density at radius 3 is 2.43 bits per heavy atom. The monoisotopic (exact) mass is 293 g/mol. The number of rotatable bonds is 3. The molecule has 0 spiro atoms. The first-order chi connectivity index (χ1) is 9.84. The maximum atomic E-state index is 14.0. The number of hydrogen-bond acceptors (Lipinski definition) is 2. The molecular formula is C17H24FNO2. The molecule has 1 saturated heterocycles. The highest BCUT2D eigenvalue weighted by atomic mass is 19.1. The molecule has 1 atom stereocenters. The van der Waals surface area contributed by atoms with Gasteiger partial charge in [0, 0.05) is 18.7 Å². The zero-order chi connectivity index (χ0) is 15.6. The third-order valence-electron chi connectivity index (χ3n) is 4.59. The molecule has 1 unspecified atom stereocenters. The van der Waals surface area contributed by atoms with Gasteiger partial charge in [-0.2, -0.15) is 0 Å². The predicted octanol–water partition coefficient (Wildman–Crippen LogP) is 2.72. The normalized spacial score (nSPS) is 18.6. The lowest BCUT2D eigenvalue weighted by Crippen LogP contribution is -2.48. The van der Waals surface area contributed by atoms with Crippen LogP contribution >= 0.6 is 0 Å². The van der Waals surface area contributed by atoms with Crippen LogP contribution in [-0.2, 0) is 10.2 Å². The van der Waals surface area contributed by atoms with E-state index in [2.05, 4.69) is 0 Å². The molecule has 0 bridgehead atoms. The van der Waals surface area contributed by atoms with Gasteiger partial charge in [0.05, 0.1) is 11.5 Å². The smallest absolute Gasteiger partial charge is 0.232 e. The third-order valence-corrected chi connectivity index (χ3v) is 4.59. The number of piperidine rings is 1. The Hall–Kier alpha value is -1.42. The maximum Gasteiger partial charge on any atom is 0.232 e. The fourth-order valence-electron chi connectivity index (χ4n) is 3.06. The lowest BCUT2D eigenvalue weighted by atomic mass is 9.81. The van der Waals surface area contributed by atoms with Crippen molar-refractivity contribution in [2.24, 2.45) is 5.92 Å². The molecule has 0 aliphatic carbocycles. The van der Waals surface area contributed by atoms with E-state index in [0.29, 0.717) is 18.7 Å². The van der Waals surface area contributed by atoms with Crippen molar-refractivity contribution in [3.63, 3.8) is 0 Å². The number of carbonyl (C=O) groups is 1. The summed E-state index contributed by atoms with van der Waals surface area (Å²) in [5.41, 5.74) is -0.434. The van der Waals surface area contributed by atoms with Crippen LogP contribution in [-0.4, -0.2) is 35.1 Å². The number of benzene rings is 1. The molecule has 21 heavy (non-hydrogen) atoms. The number of halogens is 1. The summed E-state index contributed by atoms with van der Waals surface area (Å²) in [6, 6.07) is 6.46. The summed E-state index contributed by atoms with van der Waals surface area (Å²) in [4.78, 5) is 14.5. The van der Waals surface area contributed by atoms with Crippen LogP contribution in [0.4, 0.5) is 4.39 Å². The van der Waals surface area contributed by atoms with Gasteiger partial charge in [0.15, 0.2) is 0 Å². The number of aliphatic hydroxyl groups is 1. The molecule has 1 heterocycles. The van der Waals surface area contributed by atoms with Crippen LogP contribution < -0.4 is 0 Å². The molecule has 1 aliphatic heterocycles. The quantitative estimate of drug-likeness (QED) is 0.931. The summed E-state index contributed by atoms with van der Waals surface area (Å²) >= 11 is 0. The molecule has 1 aromatic rings. The van der Waals surface area contributed by atoms with Crippen LogP contribution in [0, 0.1) is 11.7 Å². The van der Waals surface area contributed by atoms with Crippen molar-refractivity contribution in [3.05, 3.63) is 35.6 Å². The summed E-state index contributed by atoms with van der Waals surface area (Å²) in [5, 5.41) is 9.62. The Morgan fingerprint density at radius 1 is 1.33 bits per heavy atom.